The lowest BCUT2D eigenvalue weighted by Gasteiger charge is -2.37. The second-order valence-electron chi connectivity index (χ2n) is 9.13. The van der Waals surface area contributed by atoms with Crippen LogP contribution in [0.2, 0.25) is 0 Å². The number of nitrogens with one attached hydrogen (secondary N) is 1. The van der Waals surface area contributed by atoms with E-state index in [1.807, 2.05) is 25.1 Å². The number of benzene rings is 2. The number of allylic oxidation sites excluding steroid dienone is 2. The zero-order chi connectivity index (χ0) is 21.4. The second kappa shape index (κ2) is 6.63. The second-order valence-corrected chi connectivity index (χ2v) is 10.0. The van der Waals surface area contributed by atoms with Gasteiger partial charge in [0.25, 0.3) is 5.91 Å². The zero-order valence-corrected chi connectivity index (χ0v) is 18.5. The van der Waals surface area contributed by atoms with E-state index in [1.54, 1.807) is 24.3 Å². The van der Waals surface area contributed by atoms with Gasteiger partial charge < -0.3 is 5.32 Å². The van der Waals surface area contributed by atoms with Gasteiger partial charge in [-0.3, -0.25) is 14.4 Å². The number of imide groups is 1. The molecule has 2 bridgehead atoms. The number of rotatable bonds is 3. The highest BCUT2D eigenvalue weighted by molar-refractivity contribution is 9.10. The van der Waals surface area contributed by atoms with Crippen molar-refractivity contribution in [1.29, 1.82) is 0 Å². The number of amides is 3. The van der Waals surface area contributed by atoms with E-state index in [2.05, 4.69) is 33.4 Å². The first-order valence-corrected chi connectivity index (χ1v) is 11.5. The van der Waals surface area contributed by atoms with Crippen molar-refractivity contribution in [2.24, 2.45) is 35.5 Å². The molecule has 5 aliphatic rings. The summed E-state index contributed by atoms with van der Waals surface area (Å²) < 4.78 is 0.943. The monoisotopic (exact) mass is 476 g/mol. The summed E-state index contributed by atoms with van der Waals surface area (Å²) >= 11 is 3.42. The standard InChI is InChI=1S/C25H21BrN2O3/c1-12-9-14(26)5-8-20(12)27-23(29)13-3-2-4-15(10-13)28-24(30)21-16-6-7-17(19-11-18(16)19)22(21)25(28)31/h2-10,16-19,21-22H,11H2,1H3,(H,27,29). The molecule has 3 amide bonds. The number of anilines is 2. The topological polar surface area (TPSA) is 66.5 Å². The Kier molecular flexibility index (Phi) is 4.06. The van der Waals surface area contributed by atoms with Crippen LogP contribution in [0, 0.1) is 42.4 Å². The minimum atomic E-state index is -0.272. The summed E-state index contributed by atoms with van der Waals surface area (Å²) in [4.78, 5) is 40.8. The summed E-state index contributed by atoms with van der Waals surface area (Å²) in [5.41, 5.74) is 2.56. The van der Waals surface area contributed by atoms with Gasteiger partial charge in [0.2, 0.25) is 11.8 Å². The molecule has 1 N–H and O–H groups in total. The summed E-state index contributed by atoms with van der Waals surface area (Å²) in [6.07, 6.45) is 5.47. The van der Waals surface area contributed by atoms with Gasteiger partial charge in [-0.2, -0.15) is 0 Å². The molecule has 4 aliphatic carbocycles. The molecule has 31 heavy (non-hydrogen) atoms. The molecule has 1 saturated heterocycles. The van der Waals surface area contributed by atoms with Crippen molar-refractivity contribution in [2.45, 2.75) is 13.3 Å². The third-order valence-corrected chi connectivity index (χ3v) is 7.96. The molecular formula is C25H21BrN2O3. The molecule has 0 spiro atoms. The van der Waals surface area contributed by atoms with Crippen molar-refractivity contribution in [3.63, 3.8) is 0 Å². The SMILES string of the molecule is Cc1cc(Br)ccc1NC(=O)c1cccc(N2C(=O)C3C4C=CC(C5CC45)C3C2=O)c1. The number of hydrogen-bond donors (Lipinski definition) is 1. The Bertz CT molecular complexity index is 1150. The van der Waals surface area contributed by atoms with Crippen molar-refractivity contribution in [1.82, 2.24) is 0 Å². The zero-order valence-electron chi connectivity index (χ0n) is 16.9. The predicted octanol–water partition coefficient (Wildman–Crippen LogP) is 4.57. The average Bonchev–Trinajstić information content (AvgIpc) is 3.53. The van der Waals surface area contributed by atoms with Gasteiger partial charge in [0.05, 0.1) is 17.5 Å². The van der Waals surface area contributed by atoms with Crippen LogP contribution in [-0.4, -0.2) is 17.7 Å². The summed E-state index contributed by atoms with van der Waals surface area (Å²) in [6.45, 7) is 1.92. The Labute approximate surface area is 188 Å². The Morgan fingerprint density at radius 1 is 1.00 bits per heavy atom. The first-order chi connectivity index (χ1) is 14.9. The van der Waals surface area contributed by atoms with E-state index in [4.69, 9.17) is 0 Å². The summed E-state index contributed by atoms with van der Waals surface area (Å²) in [6, 6.07) is 12.5. The van der Waals surface area contributed by atoms with Gasteiger partial charge in [0.15, 0.2) is 0 Å². The van der Waals surface area contributed by atoms with Crippen LogP contribution in [0.1, 0.15) is 22.3 Å². The molecule has 1 heterocycles. The first-order valence-electron chi connectivity index (χ1n) is 10.7. The third-order valence-electron chi connectivity index (χ3n) is 7.47. The smallest absolute Gasteiger partial charge is 0.255 e. The van der Waals surface area contributed by atoms with Crippen LogP contribution in [0.5, 0.6) is 0 Å². The highest BCUT2D eigenvalue weighted by atomic mass is 79.9. The fraction of sp³-hybridized carbons (Fsp3) is 0.320. The number of carbonyl (C=O) groups is 3. The minimum Gasteiger partial charge on any atom is -0.322 e. The van der Waals surface area contributed by atoms with Crippen LogP contribution >= 0.6 is 15.9 Å². The lowest BCUT2D eigenvalue weighted by atomic mass is 9.63. The normalized spacial score (nSPS) is 32.1. The quantitative estimate of drug-likeness (QED) is 0.521. The number of aryl methyl sites for hydroxylation is 1. The van der Waals surface area contributed by atoms with Crippen molar-refractivity contribution in [2.75, 3.05) is 10.2 Å². The number of nitrogens with zero attached hydrogens (tertiary/aromatic N) is 1. The van der Waals surface area contributed by atoms with Gasteiger partial charge in [-0.05, 0) is 79.0 Å². The molecule has 2 aromatic rings. The maximum absolute atomic E-state index is 13.3. The molecule has 5 nitrogen and oxygen atoms in total. The van der Waals surface area contributed by atoms with Crippen LogP contribution in [0.15, 0.2) is 59.1 Å². The van der Waals surface area contributed by atoms with E-state index in [0.29, 0.717) is 23.1 Å². The summed E-state index contributed by atoms with van der Waals surface area (Å²) in [5.74, 6) is 0.539. The number of hydrogen-bond acceptors (Lipinski definition) is 3. The molecule has 3 fully saturated rings. The van der Waals surface area contributed by atoms with Gasteiger partial charge in [-0.1, -0.05) is 34.1 Å². The molecule has 156 valence electrons. The van der Waals surface area contributed by atoms with Crippen molar-refractivity contribution in [3.8, 4) is 0 Å². The average molecular weight is 477 g/mol. The van der Waals surface area contributed by atoms with Crippen LogP contribution in [0.3, 0.4) is 0 Å². The molecule has 6 heteroatoms. The lowest BCUT2D eigenvalue weighted by Crippen LogP contribution is -2.40. The van der Waals surface area contributed by atoms with Crippen LogP contribution < -0.4 is 10.2 Å². The van der Waals surface area contributed by atoms with E-state index < -0.39 is 0 Å². The Morgan fingerprint density at radius 2 is 1.68 bits per heavy atom. The van der Waals surface area contributed by atoms with E-state index in [9.17, 15) is 14.4 Å². The van der Waals surface area contributed by atoms with Crippen molar-refractivity contribution in [3.05, 3.63) is 70.2 Å². The fourth-order valence-corrected chi connectivity index (χ4v) is 6.44. The maximum atomic E-state index is 13.3. The Balaban J connectivity index is 1.28. The summed E-state index contributed by atoms with van der Waals surface area (Å²) in [5, 5.41) is 2.92. The molecule has 7 rings (SSSR count). The number of carbonyl (C=O) groups excluding carboxylic acids is 3. The van der Waals surface area contributed by atoms with Gasteiger partial charge in [-0.25, -0.2) is 4.90 Å². The molecule has 6 atom stereocenters. The van der Waals surface area contributed by atoms with E-state index in [0.717, 1.165) is 22.1 Å². The predicted molar refractivity (Wildman–Crippen MR) is 120 cm³/mol. The van der Waals surface area contributed by atoms with Crippen LogP contribution in [0.25, 0.3) is 0 Å². The van der Waals surface area contributed by atoms with Crippen LogP contribution in [0.4, 0.5) is 11.4 Å². The molecule has 6 unspecified atom stereocenters. The van der Waals surface area contributed by atoms with Crippen molar-refractivity contribution >= 4 is 45.0 Å². The highest BCUT2D eigenvalue weighted by Gasteiger charge is 2.67. The maximum Gasteiger partial charge on any atom is 0.255 e. The van der Waals surface area contributed by atoms with E-state index in [-0.39, 0.29) is 41.4 Å². The Hall–Kier alpha value is -2.73. The minimum absolute atomic E-state index is 0.110. The fourth-order valence-electron chi connectivity index (χ4n) is 5.96. The first kappa shape index (κ1) is 19.0. The van der Waals surface area contributed by atoms with Gasteiger partial charge in [0, 0.05) is 15.7 Å². The molecule has 2 aromatic carbocycles. The highest BCUT2D eigenvalue weighted by Crippen LogP contribution is 2.65. The molecule has 2 saturated carbocycles. The Morgan fingerprint density at radius 3 is 2.32 bits per heavy atom. The largest absolute Gasteiger partial charge is 0.322 e. The van der Waals surface area contributed by atoms with Gasteiger partial charge >= 0.3 is 0 Å². The van der Waals surface area contributed by atoms with Gasteiger partial charge in [-0.15, -0.1) is 0 Å². The van der Waals surface area contributed by atoms with Gasteiger partial charge in [0.1, 0.15) is 0 Å². The number of halogens is 1. The molecule has 1 aliphatic heterocycles. The van der Waals surface area contributed by atoms with E-state index >= 15 is 0 Å². The molecule has 0 radical (unpaired) electrons. The van der Waals surface area contributed by atoms with Crippen molar-refractivity contribution < 1.29 is 14.4 Å². The lowest BCUT2D eigenvalue weighted by molar-refractivity contribution is -0.124. The molecular weight excluding hydrogens is 456 g/mol. The third kappa shape index (κ3) is 2.77. The summed E-state index contributed by atoms with van der Waals surface area (Å²) in [7, 11) is 0. The molecule has 0 aromatic heterocycles. The van der Waals surface area contributed by atoms with E-state index in [1.165, 1.54) is 4.90 Å². The van der Waals surface area contributed by atoms with Crippen LogP contribution in [-0.2, 0) is 9.59 Å².